The Balaban J connectivity index is 1.60. The highest BCUT2D eigenvalue weighted by Crippen LogP contribution is 2.24. The summed E-state index contributed by atoms with van der Waals surface area (Å²) in [6.07, 6.45) is 0. The predicted octanol–water partition coefficient (Wildman–Crippen LogP) is 4.16. The summed E-state index contributed by atoms with van der Waals surface area (Å²) in [5, 5.41) is 9.03. The first kappa shape index (κ1) is 20.4. The van der Waals surface area contributed by atoms with E-state index in [4.69, 9.17) is 20.8 Å². The molecule has 0 unspecified atom stereocenters. The number of ether oxygens (including phenoxy) is 1. The molecule has 0 spiro atoms. The van der Waals surface area contributed by atoms with Crippen LogP contribution in [-0.4, -0.2) is 47.0 Å². The summed E-state index contributed by atoms with van der Waals surface area (Å²) in [5.41, 5.74) is 1.85. The van der Waals surface area contributed by atoms with Crippen LogP contribution in [0.1, 0.15) is 5.56 Å². The Labute approximate surface area is 172 Å². The first-order valence-corrected chi connectivity index (χ1v) is 10.0. The molecule has 1 heterocycles. The lowest BCUT2D eigenvalue weighted by atomic mass is 10.2. The van der Waals surface area contributed by atoms with Gasteiger partial charge in [0.2, 0.25) is 11.8 Å². The molecular weight excluding hydrogens is 398 g/mol. The van der Waals surface area contributed by atoms with Crippen LogP contribution in [0, 0.1) is 0 Å². The maximum Gasteiger partial charge on any atom is 0.277 e. The summed E-state index contributed by atoms with van der Waals surface area (Å²) in [6, 6.07) is 17.0. The van der Waals surface area contributed by atoms with Gasteiger partial charge in [-0.05, 0) is 29.8 Å². The fourth-order valence-electron chi connectivity index (χ4n) is 2.49. The van der Waals surface area contributed by atoms with Crippen molar-refractivity contribution in [2.24, 2.45) is 0 Å². The fourth-order valence-corrected chi connectivity index (χ4v) is 3.28. The van der Waals surface area contributed by atoms with E-state index in [1.807, 2.05) is 42.5 Å². The molecule has 0 saturated heterocycles. The number of carbonyl (C=O) groups is 1. The van der Waals surface area contributed by atoms with E-state index in [1.54, 1.807) is 24.1 Å². The van der Waals surface area contributed by atoms with Gasteiger partial charge in [-0.15, -0.1) is 10.2 Å². The minimum Gasteiger partial charge on any atom is -0.411 e. The van der Waals surface area contributed by atoms with E-state index in [2.05, 4.69) is 10.2 Å². The number of amides is 1. The van der Waals surface area contributed by atoms with Crippen LogP contribution in [0.25, 0.3) is 11.5 Å². The van der Waals surface area contributed by atoms with E-state index in [9.17, 15) is 4.79 Å². The van der Waals surface area contributed by atoms with Crippen molar-refractivity contribution in [1.82, 2.24) is 15.1 Å². The summed E-state index contributed by atoms with van der Waals surface area (Å²) >= 11 is 7.11. The van der Waals surface area contributed by atoms with Crippen LogP contribution < -0.4 is 0 Å². The smallest absolute Gasteiger partial charge is 0.277 e. The highest BCUT2D eigenvalue weighted by Gasteiger charge is 2.17. The third-order valence-electron chi connectivity index (χ3n) is 3.95. The number of carbonyl (C=O) groups excluding carboxylic acids is 1. The number of aromatic nitrogens is 2. The van der Waals surface area contributed by atoms with Gasteiger partial charge in [-0.1, -0.05) is 53.7 Å². The van der Waals surface area contributed by atoms with Crippen LogP contribution in [0.2, 0.25) is 5.02 Å². The van der Waals surface area contributed by atoms with Crippen LogP contribution in [0.5, 0.6) is 0 Å². The molecule has 0 fully saturated rings. The minimum atomic E-state index is -0.0165. The zero-order valence-corrected chi connectivity index (χ0v) is 16.9. The number of rotatable bonds is 9. The number of halogens is 1. The fraction of sp³-hybridized carbons (Fsp3) is 0.250. The van der Waals surface area contributed by atoms with E-state index in [0.29, 0.717) is 35.8 Å². The van der Waals surface area contributed by atoms with E-state index in [-0.39, 0.29) is 11.7 Å². The molecule has 0 aliphatic carbocycles. The summed E-state index contributed by atoms with van der Waals surface area (Å²) in [6.45, 7) is 1.53. The molecular formula is C20H20ClN3O3S. The van der Waals surface area contributed by atoms with Gasteiger partial charge in [0.1, 0.15) is 0 Å². The lowest BCUT2D eigenvalue weighted by Crippen LogP contribution is -2.34. The Kier molecular flexibility index (Phi) is 7.47. The Morgan fingerprint density at radius 1 is 1.14 bits per heavy atom. The zero-order chi connectivity index (χ0) is 19.8. The summed E-state index contributed by atoms with van der Waals surface area (Å²) < 4.78 is 10.8. The van der Waals surface area contributed by atoms with E-state index >= 15 is 0 Å². The molecule has 1 aromatic heterocycles. The standard InChI is InChI=1S/C20H20ClN3O3S/c1-26-12-11-24(13-15-5-3-2-4-6-15)18(25)14-28-20-23-22-19(27-20)16-7-9-17(21)10-8-16/h2-10H,11-14H2,1H3. The molecule has 1 amide bonds. The van der Waals surface area contributed by atoms with Gasteiger partial charge >= 0.3 is 0 Å². The molecule has 0 radical (unpaired) electrons. The molecule has 0 N–H and O–H groups in total. The SMILES string of the molecule is COCCN(Cc1ccccc1)C(=O)CSc1nnc(-c2ccc(Cl)cc2)o1. The normalized spacial score (nSPS) is 10.8. The lowest BCUT2D eigenvalue weighted by molar-refractivity contribution is -0.129. The van der Waals surface area contributed by atoms with Crippen LogP contribution >= 0.6 is 23.4 Å². The molecule has 0 bridgehead atoms. The van der Waals surface area contributed by atoms with E-state index in [0.717, 1.165) is 11.1 Å². The topological polar surface area (TPSA) is 68.5 Å². The van der Waals surface area contributed by atoms with Gasteiger partial charge in [-0.25, -0.2) is 0 Å². The summed E-state index contributed by atoms with van der Waals surface area (Å²) in [4.78, 5) is 14.5. The molecule has 0 saturated carbocycles. The second-order valence-corrected chi connectivity index (χ2v) is 7.33. The van der Waals surface area contributed by atoms with E-state index < -0.39 is 0 Å². The largest absolute Gasteiger partial charge is 0.411 e. The molecule has 3 aromatic rings. The van der Waals surface area contributed by atoms with Crippen molar-refractivity contribution >= 4 is 29.3 Å². The third-order valence-corrected chi connectivity index (χ3v) is 5.01. The zero-order valence-electron chi connectivity index (χ0n) is 15.4. The lowest BCUT2D eigenvalue weighted by Gasteiger charge is -2.22. The highest BCUT2D eigenvalue weighted by molar-refractivity contribution is 7.99. The van der Waals surface area contributed by atoms with Crippen molar-refractivity contribution < 1.29 is 13.9 Å². The van der Waals surface area contributed by atoms with Gasteiger partial charge < -0.3 is 14.1 Å². The number of methoxy groups -OCH3 is 1. The maximum absolute atomic E-state index is 12.7. The molecule has 146 valence electrons. The van der Waals surface area contributed by atoms with Crippen molar-refractivity contribution in [2.45, 2.75) is 11.8 Å². The number of hydrogen-bond acceptors (Lipinski definition) is 6. The monoisotopic (exact) mass is 417 g/mol. The Morgan fingerprint density at radius 2 is 1.89 bits per heavy atom. The first-order chi connectivity index (χ1) is 13.7. The molecule has 0 aliphatic rings. The van der Waals surface area contributed by atoms with Gasteiger partial charge in [0, 0.05) is 30.8 Å². The van der Waals surface area contributed by atoms with Crippen LogP contribution in [0.4, 0.5) is 0 Å². The number of nitrogens with zero attached hydrogens (tertiary/aromatic N) is 3. The van der Waals surface area contributed by atoms with Crippen LogP contribution in [0.3, 0.4) is 0 Å². The van der Waals surface area contributed by atoms with Crippen molar-refractivity contribution in [3.05, 3.63) is 65.2 Å². The molecule has 28 heavy (non-hydrogen) atoms. The van der Waals surface area contributed by atoms with E-state index in [1.165, 1.54) is 11.8 Å². The van der Waals surface area contributed by atoms with Crippen molar-refractivity contribution in [3.63, 3.8) is 0 Å². The van der Waals surface area contributed by atoms with Crippen LogP contribution in [0.15, 0.2) is 64.2 Å². The van der Waals surface area contributed by atoms with Crippen LogP contribution in [-0.2, 0) is 16.1 Å². The molecule has 6 nitrogen and oxygen atoms in total. The van der Waals surface area contributed by atoms with Crippen molar-refractivity contribution in [3.8, 4) is 11.5 Å². The third kappa shape index (κ3) is 5.82. The Hall–Kier alpha value is -2.35. The average Bonchev–Trinajstić information content (AvgIpc) is 3.19. The van der Waals surface area contributed by atoms with Gasteiger partial charge in [0.25, 0.3) is 5.22 Å². The molecule has 3 rings (SSSR count). The van der Waals surface area contributed by atoms with Gasteiger partial charge in [0.15, 0.2) is 0 Å². The average molecular weight is 418 g/mol. The summed E-state index contributed by atoms with van der Waals surface area (Å²) in [7, 11) is 1.62. The molecule has 0 atom stereocenters. The predicted molar refractivity (Wildman–Crippen MR) is 109 cm³/mol. The minimum absolute atomic E-state index is 0.0165. The molecule has 8 heteroatoms. The first-order valence-electron chi connectivity index (χ1n) is 8.68. The molecule has 0 aliphatic heterocycles. The quantitative estimate of drug-likeness (QED) is 0.487. The van der Waals surface area contributed by atoms with Crippen molar-refractivity contribution in [2.75, 3.05) is 26.0 Å². The Bertz CT molecular complexity index is 887. The highest BCUT2D eigenvalue weighted by atomic mass is 35.5. The molecule has 2 aromatic carbocycles. The number of hydrogen-bond donors (Lipinski definition) is 0. The summed E-state index contributed by atoms with van der Waals surface area (Å²) in [5.74, 6) is 0.586. The maximum atomic E-state index is 12.7. The Morgan fingerprint density at radius 3 is 2.61 bits per heavy atom. The number of thioether (sulfide) groups is 1. The number of benzene rings is 2. The van der Waals surface area contributed by atoms with Gasteiger partial charge in [-0.2, -0.15) is 0 Å². The second-order valence-electron chi connectivity index (χ2n) is 5.96. The van der Waals surface area contributed by atoms with Gasteiger partial charge in [-0.3, -0.25) is 4.79 Å². The van der Waals surface area contributed by atoms with Crippen molar-refractivity contribution in [1.29, 1.82) is 0 Å². The second kappa shape index (κ2) is 10.3. The van der Waals surface area contributed by atoms with Gasteiger partial charge in [0.05, 0.1) is 12.4 Å².